The van der Waals surface area contributed by atoms with Gasteiger partial charge in [-0.2, -0.15) is 0 Å². The number of hydrogen-bond donors (Lipinski definition) is 2. The molecule has 1 fully saturated rings. The zero-order chi connectivity index (χ0) is 24.5. The Morgan fingerprint density at radius 3 is 2.66 bits per heavy atom. The number of hydrogen-bond acceptors (Lipinski definition) is 5. The second kappa shape index (κ2) is 9.47. The summed E-state index contributed by atoms with van der Waals surface area (Å²) in [6.45, 7) is 2.71. The molecule has 5 rings (SSSR count). The molecule has 1 heterocycles. The molecule has 0 atom stereocenters. The first-order valence-corrected chi connectivity index (χ1v) is 11.8. The number of fused-ring (bicyclic) bond motifs is 1. The number of carbonyl (C=O) groups is 1. The summed E-state index contributed by atoms with van der Waals surface area (Å²) in [5.41, 5.74) is 12.9. The molecule has 1 aromatic heterocycles. The lowest BCUT2D eigenvalue weighted by Crippen LogP contribution is -2.05. The molecule has 1 saturated carbocycles. The van der Waals surface area contributed by atoms with Gasteiger partial charge in [0.15, 0.2) is 0 Å². The first-order valence-electron chi connectivity index (χ1n) is 11.8. The van der Waals surface area contributed by atoms with E-state index in [2.05, 4.69) is 24.3 Å². The molecule has 0 amide bonds. The van der Waals surface area contributed by atoms with E-state index in [0.29, 0.717) is 29.5 Å². The Bertz CT molecular complexity index is 1400. The quantitative estimate of drug-likeness (QED) is 0.313. The Labute approximate surface area is 204 Å². The highest BCUT2D eigenvalue weighted by atomic mass is 16.5. The molecule has 0 bridgehead atoms. The zero-order valence-electron chi connectivity index (χ0n) is 20.0. The summed E-state index contributed by atoms with van der Waals surface area (Å²) in [5.74, 6) is 1.51. The molecule has 1 aliphatic carbocycles. The number of methoxy groups -OCH3 is 1. The van der Waals surface area contributed by atoms with Crippen LogP contribution in [0, 0.1) is 6.92 Å². The third-order valence-electron chi connectivity index (χ3n) is 6.62. The minimum Gasteiger partial charge on any atom is -0.497 e. The lowest BCUT2D eigenvalue weighted by molar-refractivity contribution is -0.136. The number of carboxylic acids is 1. The van der Waals surface area contributed by atoms with Gasteiger partial charge in [-0.1, -0.05) is 24.3 Å². The van der Waals surface area contributed by atoms with Crippen molar-refractivity contribution in [3.8, 4) is 22.6 Å². The van der Waals surface area contributed by atoms with E-state index in [9.17, 15) is 9.90 Å². The van der Waals surface area contributed by atoms with Gasteiger partial charge in [-0.15, -0.1) is 0 Å². The molecular weight excluding hydrogens is 442 g/mol. The number of aliphatic carboxylic acids is 1. The minimum atomic E-state index is -0.914. The van der Waals surface area contributed by atoms with Gasteiger partial charge in [-0.05, 0) is 72.2 Å². The molecule has 0 aliphatic heterocycles. The fraction of sp³-hybridized carbons (Fsp3) is 0.276. The zero-order valence-corrected chi connectivity index (χ0v) is 20.0. The SMILES string of the molecule is COc1ccc(CC(=O)O)c(OCc2c(C)oc3c(C4CC4)cc(-c4cccc(CN)c4)cc23)c1. The van der Waals surface area contributed by atoms with E-state index in [0.717, 1.165) is 51.8 Å². The van der Waals surface area contributed by atoms with Gasteiger partial charge in [-0.25, -0.2) is 0 Å². The van der Waals surface area contributed by atoms with Crippen LogP contribution in [0.15, 0.2) is 59.0 Å². The highest BCUT2D eigenvalue weighted by Crippen LogP contribution is 2.46. The molecule has 1 aliphatic rings. The van der Waals surface area contributed by atoms with Gasteiger partial charge in [0, 0.05) is 29.1 Å². The van der Waals surface area contributed by atoms with E-state index in [-0.39, 0.29) is 13.0 Å². The van der Waals surface area contributed by atoms with Crippen LogP contribution in [0.5, 0.6) is 11.5 Å². The monoisotopic (exact) mass is 471 g/mol. The fourth-order valence-electron chi connectivity index (χ4n) is 4.57. The maximum atomic E-state index is 11.4. The largest absolute Gasteiger partial charge is 0.497 e. The fourth-order valence-corrected chi connectivity index (χ4v) is 4.57. The molecule has 3 aromatic carbocycles. The van der Waals surface area contributed by atoms with E-state index in [1.165, 1.54) is 5.56 Å². The number of carboxylic acid groups (broad SMARTS) is 1. The number of aryl methyl sites for hydroxylation is 1. The van der Waals surface area contributed by atoms with Crippen LogP contribution in [0.2, 0.25) is 0 Å². The maximum Gasteiger partial charge on any atom is 0.307 e. The minimum absolute atomic E-state index is 0.127. The Morgan fingerprint density at radius 2 is 1.94 bits per heavy atom. The van der Waals surface area contributed by atoms with Crippen LogP contribution in [0.4, 0.5) is 0 Å². The highest BCUT2D eigenvalue weighted by Gasteiger charge is 2.29. The van der Waals surface area contributed by atoms with Crippen LogP contribution in [0.25, 0.3) is 22.1 Å². The first-order chi connectivity index (χ1) is 17.0. The average molecular weight is 472 g/mol. The van der Waals surface area contributed by atoms with Crippen molar-refractivity contribution in [3.05, 3.63) is 82.6 Å². The van der Waals surface area contributed by atoms with Gasteiger partial charge >= 0.3 is 5.97 Å². The molecule has 0 radical (unpaired) electrons. The predicted octanol–water partition coefficient (Wildman–Crippen LogP) is 5.96. The van der Waals surface area contributed by atoms with Crippen LogP contribution < -0.4 is 15.2 Å². The number of ether oxygens (including phenoxy) is 2. The molecule has 4 aromatic rings. The van der Waals surface area contributed by atoms with Crippen molar-refractivity contribution in [3.63, 3.8) is 0 Å². The maximum absolute atomic E-state index is 11.4. The van der Waals surface area contributed by atoms with Gasteiger partial charge in [0.25, 0.3) is 0 Å². The highest BCUT2D eigenvalue weighted by molar-refractivity contribution is 5.90. The Morgan fingerprint density at radius 1 is 1.11 bits per heavy atom. The molecule has 35 heavy (non-hydrogen) atoms. The first kappa shape index (κ1) is 23.0. The van der Waals surface area contributed by atoms with E-state index >= 15 is 0 Å². The van der Waals surface area contributed by atoms with Crippen molar-refractivity contribution in [1.82, 2.24) is 0 Å². The molecule has 6 nitrogen and oxygen atoms in total. The number of benzene rings is 3. The number of nitrogens with two attached hydrogens (primary N) is 1. The van der Waals surface area contributed by atoms with E-state index in [4.69, 9.17) is 19.6 Å². The third kappa shape index (κ3) is 4.75. The topological polar surface area (TPSA) is 94.9 Å². The molecule has 3 N–H and O–H groups in total. The Hall–Kier alpha value is -3.77. The van der Waals surface area contributed by atoms with E-state index in [1.807, 2.05) is 19.1 Å². The van der Waals surface area contributed by atoms with Crippen LogP contribution in [-0.4, -0.2) is 18.2 Å². The molecule has 180 valence electrons. The van der Waals surface area contributed by atoms with Crippen molar-refractivity contribution in [2.75, 3.05) is 7.11 Å². The van der Waals surface area contributed by atoms with Crippen molar-refractivity contribution in [2.24, 2.45) is 5.73 Å². The summed E-state index contributed by atoms with van der Waals surface area (Å²) in [7, 11) is 1.57. The molecular formula is C29H29NO5. The van der Waals surface area contributed by atoms with Crippen LogP contribution in [-0.2, 0) is 24.4 Å². The average Bonchev–Trinajstić information content (AvgIpc) is 3.65. The summed E-state index contributed by atoms with van der Waals surface area (Å²) < 4.78 is 17.8. The van der Waals surface area contributed by atoms with Crippen LogP contribution in [0.1, 0.15) is 46.8 Å². The lowest BCUT2D eigenvalue weighted by Gasteiger charge is -2.13. The summed E-state index contributed by atoms with van der Waals surface area (Å²) in [6.07, 6.45) is 2.20. The lowest BCUT2D eigenvalue weighted by atomic mass is 9.96. The van der Waals surface area contributed by atoms with Gasteiger partial charge < -0.3 is 24.7 Å². The van der Waals surface area contributed by atoms with Gasteiger partial charge in [-0.3, -0.25) is 4.79 Å². The second-order valence-corrected chi connectivity index (χ2v) is 9.09. The van der Waals surface area contributed by atoms with E-state index < -0.39 is 5.97 Å². The predicted molar refractivity (Wildman–Crippen MR) is 135 cm³/mol. The molecule has 6 heteroatoms. The smallest absolute Gasteiger partial charge is 0.307 e. The van der Waals surface area contributed by atoms with Gasteiger partial charge in [0.2, 0.25) is 0 Å². The summed E-state index contributed by atoms with van der Waals surface area (Å²) in [4.78, 5) is 11.4. The summed E-state index contributed by atoms with van der Waals surface area (Å²) in [5, 5.41) is 10.3. The van der Waals surface area contributed by atoms with Crippen molar-refractivity contribution in [1.29, 1.82) is 0 Å². The van der Waals surface area contributed by atoms with Crippen LogP contribution in [0.3, 0.4) is 0 Å². The van der Waals surface area contributed by atoms with Crippen molar-refractivity contribution >= 4 is 16.9 Å². The van der Waals surface area contributed by atoms with E-state index in [1.54, 1.807) is 25.3 Å². The summed E-state index contributed by atoms with van der Waals surface area (Å²) in [6, 6.07) is 17.9. The van der Waals surface area contributed by atoms with Gasteiger partial charge in [0.05, 0.1) is 13.5 Å². The van der Waals surface area contributed by atoms with Crippen LogP contribution >= 0.6 is 0 Å². The number of rotatable bonds is 9. The van der Waals surface area contributed by atoms with Gasteiger partial charge in [0.1, 0.15) is 29.4 Å². The normalized spacial score (nSPS) is 13.2. The molecule has 0 saturated heterocycles. The van der Waals surface area contributed by atoms with Crippen molar-refractivity contribution in [2.45, 2.75) is 45.3 Å². The third-order valence-corrected chi connectivity index (χ3v) is 6.62. The Kier molecular flexibility index (Phi) is 6.22. The summed E-state index contributed by atoms with van der Waals surface area (Å²) >= 11 is 0. The molecule has 0 unspecified atom stereocenters. The molecule has 0 spiro atoms. The van der Waals surface area contributed by atoms with Crippen molar-refractivity contribution < 1.29 is 23.8 Å². The second-order valence-electron chi connectivity index (χ2n) is 9.09. The number of furan rings is 1. The Balaban J connectivity index is 1.55. The standard InChI is InChI=1S/C29H29NO5/c1-17-26(16-34-27-14-23(33-2)9-8-21(27)13-28(31)32)25-12-22(20-5-3-4-18(10-20)15-30)11-24(19-6-7-19)29(25)35-17/h3-5,8-12,14,19H,6-7,13,15-16,30H2,1-2H3,(H,31,32).